The molecule has 32 heavy (non-hydrogen) atoms. The first kappa shape index (κ1) is 18.5. The molecule has 2 aromatic heterocycles. The predicted molar refractivity (Wildman–Crippen MR) is 133 cm³/mol. The summed E-state index contributed by atoms with van der Waals surface area (Å²) >= 11 is 0. The molecule has 2 heterocycles. The quantitative estimate of drug-likeness (QED) is 0.299. The molecule has 0 radical (unpaired) electrons. The van der Waals surface area contributed by atoms with E-state index in [4.69, 9.17) is 9.97 Å². The summed E-state index contributed by atoms with van der Waals surface area (Å²) in [4.78, 5) is 9.44. The molecule has 6 rings (SSSR count). The fourth-order valence-corrected chi connectivity index (χ4v) is 4.56. The fourth-order valence-electron chi connectivity index (χ4n) is 4.56. The van der Waals surface area contributed by atoms with Gasteiger partial charge in [-0.25, -0.2) is 0 Å². The van der Waals surface area contributed by atoms with Gasteiger partial charge in [0.05, 0.1) is 11.4 Å². The molecule has 0 fully saturated rings. The third-order valence-corrected chi connectivity index (χ3v) is 5.99. The van der Waals surface area contributed by atoms with Crippen LogP contribution in [0.4, 0.5) is 0 Å². The van der Waals surface area contributed by atoms with E-state index in [9.17, 15) is 0 Å². The van der Waals surface area contributed by atoms with E-state index in [1.54, 1.807) is 0 Å². The van der Waals surface area contributed by atoms with Crippen LogP contribution in [0.3, 0.4) is 0 Å². The summed E-state index contributed by atoms with van der Waals surface area (Å²) in [5, 5.41) is 4.82. The van der Waals surface area contributed by atoms with Crippen LogP contribution in [-0.2, 0) is 0 Å². The number of aromatic nitrogens is 2. The Hall–Kier alpha value is -4.30. The number of hydrogen-bond donors (Lipinski definition) is 0. The van der Waals surface area contributed by atoms with Crippen LogP contribution in [0.25, 0.3) is 55.2 Å². The number of hydrogen-bond acceptors (Lipinski definition) is 2. The second-order valence-electron chi connectivity index (χ2n) is 7.85. The first-order valence-corrected chi connectivity index (χ1v) is 10.8. The van der Waals surface area contributed by atoms with E-state index in [2.05, 4.69) is 91.0 Å². The lowest BCUT2D eigenvalue weighted by Crippen LogP contribution is -1.94. The zero-order chi connectivity index (χ0) is 21.3. The molecule has 0 aliphatic heterocycles. The Labute approximate surface area is 186 Å². The minimum absolute atomic E-state index is 0.966. The Kier molecular flexibility index (Phi) is 4.47. The number of benzene rings is 4. The molecule has 0 bridgehead atoms. The molecular weight excluding hydrogens is 388 g/mol. The van der Waals surface area contributed by atoms with Crippen molar-refractivity contribution < 1.29 is 0 Å². The molecule has 0 aliphatic rings. The van der Waals surface area contributed by atoms with E-state index in [-0.39, 0.29) is 0 Å². The van der Waals surface area contributed by atoms with Crippen molar-refractivity contribution >= 4 is 21.5 Å². The summed E-state index contributed by atoms with van der Waals surface area (Å²) in [5.74, 6) is 0. The lowest BCUT2D eigenvalue weighted by molar-refractivity contribution is 1.32. The Balaban J connectivity index is 1.79. The van der Waals surface area contributed by atoms with Gasteiger partial charge in [0.2, 0.25) is 0 Å². The highest BCUT2D eigenvalue weighted by Gasteiger charge is 2.19. The molecular formula is C30H20N2. The zero-order valence-electron chi connectivity index (χ0n) is 17.4. The molecule has 150 valence electrons. The van der Waals surface area contributed by atoms with Crippen molar-refractivity contribution in [1.29, 1.82) is 0 Å². The van der Waals surface area contributed by atoms with Gasteiger partial charge in [-0.2, -0.15) is 0 Å². The Bertz CT molecular complexity index is 1550. The molecule has 0 spiro atoms. The van der Waals surface area contributed by atoms with E-state index in [1.807, 2.05) is 30.6 Å². The van der Waals surface area contributed by atoms with Gasteiger partial charge in [-0.3, -0.25) is 9.97 Å². The normalized spacial score (nSPS) is 11.1. The van der Waals surface area contributed by atoms with Gasteiger partial charge >= 0.3 is 0 Å². The average molecular weight is 409 g/mol. The lowest BCUT2D eigenvalue weighted by atomic mass is 9.86. The molecule has 0 unspecified atom stereocenters. The zero-order valence-corrected chi connectivity index (χ0v) is 17.4. The maximum atomic E-state index is 4.75. The van der Waals surface area contributed by atoms with Gasteiger partial charge in [0.25, 0.3) is 0 Å². The third kappa shape index (κ3) is 3.05. The van der Waals surface area contributed by atoms with Gasteiger partial charge in [-0.15, -0.1) is 0 Å². The monoisotopic (exact) mass is 408 g/mol. The van der Waals surface area contributed by atoms with E-state index in [1.165, 1.54) is 32.7 Å². The molecule has 0 atom stereocenters. The Morgan fingerprint density at radius 3 is 1.53 bits per heavy atom. The van der Waals surface area contributed by atoms with E-state index >= 15 is 0 Å². The molecule has 0 saturated heterocycles. The summed E-state index contributed by atoms with van der Waals surface area (Å²) in [6.45, 7) is 0. The van der Waals surface area contributed by atoms with Gasteiger partial charge < -0.3 is 0 Å². The first-order chi connectivity index (χ1) is 15.9. The number of fused-ring (bicyclic) bond motifs is 2. The minimum Gasteiger partial charge on any atom is -0.256 e. The SMILES string of the molecule is c1ccc(-c2ccc3ccccc3c2-c2ccc3ccccc3c2-c2ccccn2)nc1. The van der Waals surface area contributed by atoms with Gasteiger partial charge in [-0.1, -0.05) is 84.9 Å². The standard InChI is InChI=1S/C30H20N2/c1-3-11-23-21(9-1)15-17-25(27-13-5-7-19-31-27)29(23)26-18-16-22-10-2-4-12-24(22)30(26)28-14-6-8-20-32-28/h1-20H. The lowest BCUT2D eigenvalue weighted by Gasteiger charge is -2.18. The van der Waals surface area contributed by atoms with Crippen LogP contribution in [0.15, 0.2) is 122 Å². The van der Waals surface area contributed by atoms with E-state index in [0.717, 1.165) is 22.5 Å². The topological polar surface area (TPSA) is 25.8 Å². The third-order valence-electron chi connectivity index (χ3n) is 5.99. The van der Waals surface area contributed by atoms with Gasteiger partial charge in [0.15, 0.2) is 0 Å². The summed E-state index contributed by atoms with van der Waals surface area (Å²) in [5.41, 5.74) is 6.56. The summed E-state index contributed by atoms with van der Waals surface area (Å²) in [6, 6.07) is 38.1. The summed E-state index contributed by atoms with van der Waals surface area (Å²) in [6.07, 6.45) is 3.72. The van der Waals surface area contributed by atoms with Gasteiger partial charge in [-0.05, 0) is 56.9 Å². The van der Waals surface area contributed by atoms with Crippen molar-refractivity contribution in [3.63, 3.8) is 0 Å². The highest BCUT2D eigenvalue weighted by molar-refractivity contribution is 6.11. The fraction of sp³-hybridized carbons (Fsp3) is 0. The number of pyridine rings is 2. The molecule has 0 saturated carbocycles. The van der Waals surface area contributed by atoms with Crippen molar-refractivity contribution in [2.24, 2.45) is 0 Å². The minimum atomic E-state index is 0.966. The van der Waals surface area contributed by atoms with Crippen LogP contribution in [-0.4, -0.2) is 9.97 Å². The highest BCUT2D eigenvalue weighted by Crippen LogP contribution is 2.44. The largest absolute Gasteiger partial charge is 0.256 e. The van der Waals surface area contributed by atoms with Crippen molar-refractivity contribution in [1.82, 2.24) is 9.97 Å². The molecule has 0 N–H and O–H groups in total. The maximum Gasteiger partial charge on any atom is 0.0714 e. The van der Waals surface area contributed by atoms with Crippen molar-refractivity contribution in [3.05, 3.63) is 122 Å². The molecule has 2 heteroatoms. The summed E-state index contributed by atoms with van der Waals surface area (Å²) in [7, 11) is 0. The van der Waals surface area contributed by atoms with Crippen molar-refractivity contribution in [2.75, 3.05) is 0 Å². The smallest absolute Gasteiger partial charge is 0.0714 e. The predicted octanol–water partition coefficient (Wildman–Crippen LogP) is 7.78. The highest BCUT2D eigenvalue weighted by atomic mass is 14.7. The van der Waals surface area contributed by atoms with E-state index < -0.39 is 0 Å². The number of nitrogens with zero attached hydrogens (tertiary/aromatic N) is 2. The Morgan fingerprint density at radius 1 is 0.375 bits per heavy atom. The van der Waals surface area contributed by atoms with Crippen LogP contribution in [0, 0.1) is 0 Å². The maximum absolute atomic E-state index is 4.75. The van der Waals surface area contributed by atoms with E-state index in [0.29, 0.717) is 0 Å². The van der Waals surface area contributed by atoms with Gasteiger partial charge in [0.1, 0.15) is 0 Å². The Morgan fingerprint density at radius 2 is 0.906 bits per heavy atom. The summed E-state index contributed by atoms with van der Waals surface area (Å²) < 4.78 is 0. The molecule has 2 nitrogen and oxygen atoms in total. The van der Waals surface area contributed by atoms with Crippen LogP contribution in [0.5, 0.6) is 0 Å². The molecule has 6 aromatic rings. The second-order valence-corrected chi connectivity index (χ2v) is 7.85. The van der Waals surface area contributed by atoms with Crippen molar-refractivity contribution in [2.45, 2.75) is 0 Å². The molecule has 4 aromatic carbocycles. The van der Waals surface area contributed by atoms with Crippen LogP contribution >= 0.6 is 0 Å². The molecule has 0 aliphatic carbocycles. The first-order valence-electron chi connectivity index (χ1n) is 10.8. The molecule has 0 amide bonds. The second kappa shape index (κ2) is 7.75. The average Bonchev–Trinajstić information content (AvgIpc) is 2.88. The van der Waals surface area contributed by atoms with Crippen LogP contribution in [0.1, 0.15) is 0 Å². The van der Waals surface area contributed by atoms with Gasteiger partial charge in [0, 0.05) is 23.5 Å². The number of rotatable bonds is 3. The van der Waals surface area contributed by atoms with Crippen LogP contribution in [0.2, 0.25) is 0 Å². The van der Waals surface area contributed by atoms with Crippen molar-refractivity contribution in [3.8, 4) is 33.6 Å². The van der Waals surface area contributed by atoms with Crippen LogP contribution < -0.4 is 0 Å².